The van der Waals surface area contributed by atoms with E-state index >= 15 is 4.79 Å². The smallest absolute Gasteiger partial charge is 0.329 e. The molecule has 2 aromatic rings. The third-order valence-corrected chi connectivity index (χ3v) is 15.9. The van der Waals surface area contributed by atoms with Crippen molar-refractivity contribution in [2.75, 3.05) is 34.3 Å². The molecule has 0 aromatic heterocycles. The summed E-state index contributed by atoms with van der Waals surface area (Å²) in [5, 5.41) is 31.1. The van der Waals surface area contributed by atoms with E-state index in [4.69, 9.17) is 14.2 Å². The Bertz CT molecular complexity index is 2610. The average molecular weight is 1160 g/mol. The Hall–Kier alpha value is -6.94. The number of esters is 2. The van der Waals surface area contributed by atoms with Crippen LogP contribution < -0.4 is 20.7 Å². The highest BCUT2D eigenvalue weighted by molar-refractivity contribution is 6.05. The van der Waals surface area contributed by atoms with Gasteiger partial charge in [0, 0.05) is 33.6 Å². The Morgan fingerprint density at radius 2 is 1.45 bits per heavy atom. The van der Waals surface area contributed by atoms with Crippen molar-refractivity contribution in [3.63, 3.8) is 0 Å². The lowest BCUT2D eigenvalue weighted by atomic mass is 9.92. The third-order valence-electron chi connectivity index (χ3n) is 15.9. The van der Waals surface area contributed by atoms with E-state index < -0.39 is 150 Å². The number of hydrogen-bond donors (Lipinski definition) is 5. The van der Waals surface area contributed by atoms with E-state index in [2.05, 4.69) is 16.0 Å². The Morgan fingerprint density at radius 1 is 0.807 bits per heavy atom. The van der Waals surface area contributed by atoms with Gasteiger partial charge in [-0.25, -0.2) is 4.79 Å². The van der Waals surface area contributed by atoms with Crippen LogP contribution in [0.1, 0.15) is 131 Å². The molecule has 3 saturated heterocycles. The first kappa shape index (κ1) is 66.9. The van der Waals surface area contributed by atoms with E-state index in [1.165, 1.54) is 54.7 Å². The van der Waals surface area contributed by atoms with Gasteiger partial charge in [0.2, 0.25) is 35.4 Å². The summed E-state index contributed by atoms with van der Waals surface area (Å²) in [6, 6.07) is 5.94. The van der Waals surface area contributed by atoms with Crippen LogP contribution in [-0.4, -0.2) is 184 Å². The number of Topliss-reactive ketones (excluding diaryl/α,β-unsaturated/α-hetero) is 1. The number of carbonyl (C=O) groups excluding carboxylic acids is 10. The molecule has 458 valence electrons. The first-order valence-electron chi connectivity index (χ1n) is 29.1. The third kappa shape index (κ3) is 17.1. The van der Waals surface area contributed by atoms with Gasteiger partial charge < -0.3 is 60.0 Å². The normalized spacial score (nSPS) is 26.5. The number of benzene rings is 2. The number of hydrogen-bond acceptors (Lipinski definition) is 15. The van der Waals surface area contributed by atoms with Gasteiger partial charge in [-0.1, -0.05) is 97.9 Å². The maximum Gasteiger partial charge on any atom is 0.329 e. The maximum absolute atomic E-state index is 15.0. The molecule has 5 N–H and O–H groups in total. The first-order valence-corrected chi connectivity index (χ1v) is 29.1. The summed E-state index contributed by atoms with van der Waals surface area (Å²) in [6.07, 6.45) is -5.67. The van der Waals surface area contributed by atoms with Gasteiger partial charge in [-0.05, 0) is 99.3 Å². The molecule has 0 saturated carbocycles. The number of nitrogens with zero attached hydrogens (tertiary/aromatic N) is 4. The minimum Gasteiger partial charge on any atom is -0.497 e. The van der Waals surface area contributed by atoms with Crippen molar-refractivity contribution in [2.45, 2.75) is 187 Å². The highest BCUT2D eigenvalue weighted by Gasteiger charge is 2.46. The number of methoxy groups -OCH3 is 1. The summed E-state index contributed by atoms with van der Waals surface area (Å²) in [7, 11) is 4.29. The van der Waals surface area contributed by atoms with E-state index in [9.17, 15) is 53.4 Å². The van der Waals surface area contributed by atoms with Crippen molar-refractivity contribution in [2.24, 2.45) is 29.6 Å². The lowest BCUT2D eigenvalue weighted by Crippen LogP contribution is -2.62. The number of aliphatic hydroxyl groups excluding tert-OH is 2. The molecule has 83 heavy (non-hydrogen) atoms. The topological polar surface area (TPSA) is 288 Å². The predicted molar refractivity (Wildman–Crippen MR) is 305 cm³/mol. The fraction of sp³-hybridized carbons (Fsp3) is 0.639. The van der Waals surface area contributed by atoms with Crippen molar-refractivity contribution in [3.05, 3.63) is 65.7 Å². The van der Waals surface area contributed by atoms with Crippen LogP contribution in [0.25, 0.3) is 0 Å². The van der Waals surface area contributed by atoms with Gasteiger partial charge in [-0.3, -0.25) is 43.2 Å². The highest BCUT2D eigenvalue weighted by Crippen LogP contribution is 2.29. The molecule has 12 atom stereocenters. The zero-order chi connectivity index (χ0) is 61.7. The molecule has 3 aliphatic rings. The largest absolute Gasteiger partial charge is 0.497 e. The number of nitrogens with one attached hydrogen (secondary N) is 3. The fourth-order valence-corrected chi connectivity index (χ4v) is 11.0. The monoisotopic (exact) mass is 1160 g/mol. The van der Waals surface area contributed by atoms with Gasteiger partial charge >= 0.3 is 11.9 Å². The molecular weight excluding hydrogens is 1070 g/mol. The standard InChI is InChI=1S/C61H89N7O15/c1-33(2)29-42-57(76)67-27-17-21-43(67)59(78)66(12)46(31-39-23-25-41(81-13)26-24-39)61(80)82-38(10)50(56(75)63-49(35(5)6)47(69)32-48(70)83-53(36(7)8)51(71)37(9)54(73)62-42)64-55(74)45(30-34(3)4)65(11)58(77)44-22-18-28-68(44)60(79)52(72)40-19-15-14-16-20-40/h14-16,19-20,23-26,33-38,42-47,49-50,52-53,69,72H,17-18,21-22,27-32H2,1-13H3,(H,62,73)(H,63,75)(H,64,74)/t37-,38+,42-,43-,44?,45+,46-,47+,49?,50-,52+,53-/m0/s1. The Labute approximate surface area is 488 Å². The Kier molecular flexibility index (Phi) is 24.2. The van der Waals surface area contributed by atoms with Crippen molar-refractivity contribution in [3.8, 4) is 5.75 Å². The predicted octanol–water partition coefficient (Wildman–Crippen LogP) is 3.28. The summed E-state index contributed by atoms with van der Waals surface area (Å²) in [4.78, 5) is 150. The lowest BCUT2D eigenvalue weighted by molar-refractivity contribution is -0.163. The molecule has 0 aliphatic carbocycles. The number of amides is 7. The number of aliphatic hydroxyl groups is 2. The van der Waals surface area contributed by atoms with Crippen LogP contribution in [0.4, 0.5) is 0 Å². The SMILES string of the molecule is COc1ccc(C[C@H]2C(=O)O[C@H](C)[C@H](NC(=O)[C@@H](CC(C)C)N(C)C(=O)C3CCCN3C(=O)[C@H](O)c3ccccc3)C(=O)NC(C(C)C)[C@H](O)CC(=O)O[C@@H](C(C)C)C(=O)[C@H](C)C(=O)N[C@@H](CC(C)C)C(=O)N3CCC[C@H]3C(=O)N2C)cc1. The molecule has 7 amide bonds. The Balaban J connectivity index is 1.59. The van der Waals surface area contributed by atoms with Gasteiger partial charge in [-0.2, -0.15) is 0 Å². The molecule has 22 nitrogen and oxygen atoms in total. The molecule has 2 unspecified atom stereocenters. The quantitative estimate of drug-likeness (QED) is 0.126. The van der Waals surface area contributed by atoms with E-state index in [0.29, 0.717) is 29.7 Å². The molecule has 5 rings (SSSR count). The molecule has 0 spiro atoms. The number of likely N-dealkylation sites (tertiary alicyclic amines) is 1. The minimum atomic E-state index is -1.78. The van der Waals surface area contributed by atoms with E-state index in [-0.39, 0.29) is 57.0 Å². The van der Waals surface area contributed by atoms with E-state index in [0.717, 1.165) is 0 Å². The summed E-state index contributed by atoms with van der Waals surface area (Å²) in [6.45, 7) is 16.9. The van der Waals surface area contributed by atoms with Gasteiger partial charge in [0.05, 0.1) is 31.6 Å². The van der Waals surface area contributed by atoms with Gasteiger partial charge in [0.1, 0.15) is 48.1 Å². The first-order chi connectivity index (χ1) is 39.1. The molecule has 3 fully saturated rings. The van der Waals surface area contributed by atoms with Gasteiger partial charge in [0.15, 0.2) is 18.0 Å². The van der Waals surface area contributed by atoms with E-state index in [1.807, 2.05) is 27.7 Å². The van der Waals surface area contributed by atoms with Crippen LogP contribution in [0.3, 0.4) is 0 Å². The number of carbonyl (C=O) groups is 10. The molecule has 3 aliphatic heterocycles. The molecule has 22 heteroatoms. The maximum atomic E-state index is 15.0. The van der Waals surface area contributed by atoms with Crippen LogP contribution >= 0.6 is 0 Å². The lowest BCUT2D eigenvalue weighted by Gasteiger charge is -2.36. The minimum absolute atomic E-state index is 0.0535. The second-order valence-corrected chi connectivity index (χ2v) is 24.0. The zero-order valence-electron chi connectivity index (χ0n) is 50.5. The number of likely N-dealkylation sites (N-methyl/N-ethyl adjacent to an activating group) is 2. The van der Waals surface area contributed by atoms with Crippen LogP contribution in [0.5, 0.6) is 5.75 Å². The second-order valence-electron chi connectivity index (χ2n) is 24.0. The van der Waals surface area contributed by atoms with Gasteiger partial charge in [0.25, 0.3) is 5.91 Å². The summed E-state index contributed by atoms with van der Waals surface area (Å²) >= 11 is 0. The highest BCUT2D eigenvalue weighted by atomic mass is 16.6. The average Bonchev–Trinajstić information content (AvgIpc) is 4.24. The fourth-order valence-electron chi connectivity index (χ4n) is 11.0. The number of cyclic esters (lactones) is 2. The van der Waals surface area contributed by atoms with Gasteiger partial charge in [-0.15, -0.1) is 0 Å². The summed E-state index contributed by atoms with van der Waals surface area (Å²) in [5.41, 5.74) is 0.907. The molecular formula is C61H89N7O15. The van der Waals surface area contributed by atoms with Crippen molar-refractivity contribution in [1.82, 2.24) is 35.6 Å². The summed E-state index contributed by atoms with van der Waals surface area (Å²) < 4.78 is 17.2. The molecule has 0 radical (unpaired) electrons. The molecule has 0 bridgehead atoms. The van der Waals surface area contributed by atoms with Crippen molar-refractivity contribution in [1.29, 1.82) is 0 Å². The van der Waals surface area contributed by atoms with Crippen LogP contribution in [-0.2, 0) is 63.8 Å². The van der Waals surface area contributed by atoms with Crippen molar-refractivity contribution < 1.29 is 72.4 Å². The number of rotatable bonds is 15. The zero-order valence-corrected chi connectivity index (χ0v) is 50.5. The van der Waals surface area contributed by atoms with Crippen LogP contribution in [0.2, 0.25) is 0 Å². The molecule has 3 heterocycles. The summed E-state index contributed by atoms with van der Waals surface area (Å²) in [5.74, 6) is -10.5. The number of ketones is 1. The van der Waals surface area contributed by atoms with Crippen molar-refractivity contribution >= 4 is 59.1 Å². The second kappa shape index (κ2) is 30.0. The van der Waals surface area contributed by atoms with Crippen LogP contribution in [0, 0.1) is 29.6 Å². The Morgan fingerprint density at radius 3 is 2.04 bits per heavy atom. The van der Waals surface area contributed by atoms with Crippen LogP contribution in [0.15, 0.2) is 54.6 Å². The number of fused-ring (bicyclic) bond motifs is 1. The van der Waals surface area contributed by atoms with E-state index in [1.54, 1.807) is 82.3 Å². The number of ether oxygens (including phenoxy) is 3. The molecule has 2 aromatic carbocycles.